The SMILES string of the molecule is COC(=O)CNCC(=O)Nc1cc(-c2cnoc2-c2cc(OC)c(OC)c(OC)c2)ccc1OC. The minimum absolute atomic E-state index is 0.0834. The number of esters is 1. The number of methoxy groups -OCH3 is 5. The summed E-state index contributed by atoms with van der Waals surface area (Å²) in [4.78, 5) is 23.6. The van der Waals surface area contributed by atoms with Crippen LogP contribution in [0.3, 0.4) is 0 Å². The molecule has 35 heavy (non-hydrogen) atoms. The van der Waals surface area contributed by atoms with Crippen molar-refractivity contribution in [1.82, 2.24) is 10.5 Å². The number of nitrogens with one attached hydrogen (secondary N) is 2. The predicted octanol–water partition coefficient (Wildman–Crippen LogP) is 2.74. The van der Waals surface area contributed by atoms with Gasteiger partial charge in [0.05, 0.1) is 60.5 Å². The topological polar surface area (TPSA) is 130 Å². The van der Waals surface area contributed by atoms with Crippen LogP contribution in [0.25, 0.3) is 22.5 Å². The van der Waals surface area contributed by atoms with Gasteiger partial charge < -0.3 is 33.5 Å². The van der Waals surface area contributed by atoms with Gasteiger partial charge in [-0.15, -0.1) is 0 Å². The van der Waals surface area contributed by atoms with Crippen LogP contribution in [0.4, 0.5) is 5.69 Å². The van der Waals surface area contributed by atoms with Crippen LogP contribution in [0.15, 0.2) is 41.1 Å². The lowest BCUT2D eigenvalue weighted by Crippen LogP contribution is -2.32. The maximum atomic E-state index is 12.4. The Kier molecular flexibility index (Phi) is 8.52. The lowest BCUT2D eigenvalue weighted by atomic mass is 10.0. The van der Waals surface area contributed by atoms with Gasteiger partial charge in [-0.25, -0.2) is 0 Å². The molecule has 1 heterocycles. The zero-order valence-electron chi connectivity index (χ0n) is 20.1. The average Bonchev–Trinajstić information content (AvgIpc) is 3.37. The molecule has 2 N–H and O–H groups in total. The second-order valence-corrected chi connectivity index (χ2v) is 7.13. The normalized spacial score (nSPS) is 10.4. The Hall–Kier alpha value is -4.25. The average molecular weight is 485 g/mol. The molecule has 11 heteroatoms. The molecule has 0 bridgehead atoms. The summed E-state index contributed by atoms with van der Waals surface area (Å²) < 4.78 is 31.8. The van der Waals surface area contributed by atoms with Crippen molar-refractivity contribution in [3.05, 3.63) is 36.5 Å². The first-order chi connectivity index (χ1) is 16.9. The van der Waals surface area contributed by atoms with Crippen LogP contribution in [0.1, 0.15) is 0 Å². The fraction of sp³-hybridized carbons (Fsp3) is 0.292. The molecular weight excluding hydrogens is 458 g/mol. The standard InChI is InChI=1S/C24H27N3O8/c1-30-18-7-6-14(8-17(18)27-21(28)12-25-13-22(29)33-4)16-11-26-35-23(16)15-9-19(31-2)24(34-5)20(10-15)32-3/h6-11,25H,12-13H2,1-5H3,(H,27,28). The van der Waals surface area contributed by atoms with E-state index in [1.807, 2.05) is 6.07 Å². The van der Waals surface area contributed by atoms with Crippen molar-refractivity contribution in [3.8, 4) is 45.4 Å². The van der Waals surface area contributed by atoms with Crippen molar-refractivity contribution in [1.29, 1.82) is 0 Å². The van der Waals surface area contributed by atoms with E-state index in [0.717, 1.165) is 0 Å². The zero-order valence-corrected chi connectivity index (χ0v) is 20.1. The number of carbonyl (C=O) groups is 2. The Morgan fingerprint density at radius 2 is 1.54 bits per heavy atom. The molecule has 0 aliphatic heterocycles. The number of hydrogen-bond donors (Lipinski definition) is 2. The molecule has 0 fully saturated rings. The summed E-state index contributed by atoms with van der Waals surface area (Å²) in [5.74, 6) is 1.48. The minimum Gasteiger partial charge on any atom is -0.495 e. The first-order valence-electron chi connectivity index (χ1n) is 10.5. The molecule has 0 atom stereocenters. The smallest absolute Gasteiger partial charge is 0.319 e. The summed E-state index contributed by atoms with van der Waals surface area (Å²) in [7, 11) is 7.36. The summed E-state index contributed by atoms with van der Waals surface area (Å²) >= 11 is 0. The van der Waals surface area contributed by atoms with Gasteiger partial charge in [0.15, 0.2) is 17.3 Å². The van der Waals surface area contributed by atoms with Crippen molar-refractivity contribution in [2.24, 2.45) is 0 Å². The fourth-order valence-corrected chi connectivity index (χ4v) is 3.38. The van der Waals surface area contributed by atoms with Gasteiger partial charge in [-0.2, -0.15) is 0 Å². The first kappa shape index (κ1) is 25.4. The summed E-state index contributed by atoms with van der Waals surface area (Å²) in [6.45, 7) is -0.174. The maximum absolute atomic E-state index is 12.4. The highest BCUT2D eigenvalue weighted by molar-refractivity contribution is 5.95. The molecule has 1 amide bonds. The Balaban J connectivity index is 1.92. The maximum Gasteiger partial charge on any atom is 0.319 e. The second-order valence-electron chi connectivity index (χ2n) is 7.13. The van der Waals surface area contributed by atoms with Gasteiger partial charge in [0.1, 0.15) is 5.75 Å². The number of amides is 1. The van der Waals surface area contributed by atoms with Crippen molar-refractivity contribution in [2.75, 3.05) is 54.0 Å². The molecule has 0 aliphatic rings. The summed E-state index contributed by atoms with van der Waals surface area (Å²) in [6, 6.07) is 8.79. The molecule has 0 saturated carbocycles. The highest BCUT2D eigenvalue weighted by Crippen LogP contribution is 2.43. The molecule has 186 valence electrons. The van der Waals surface area contributed by atoms with Crippen LogP contribution in [0, 0.1) is 0 Å². The van der Waals surface area contributed by atoms with E-state index in [-0.39, 0.29) is 19.0 Å². The Bertz CT molecular complexity index is 1170. The lowest BCUT2D eigenvalue weighted by molar-refractivity contribution is -0.139. The molecule has 2 aromatic carbocycles. The van der Waals surface area contributed by atoms with Crippen LogP contribution in [0.5, 0.6) is 23.0 Å². The number of anilines is 1. The number of carbonyl (C=O) groups excluding carboxylic acids is 2. The number of aromatic nitrogens is 1. The van der Waals surface area contributed by atoms with E-state index in [1.165, 1.54) is 35.5 Å². The highest BCUT2D eigenvalue weighted by Gasteiger charge is 2.20. The molecule has 0 spiro atoms. The zero-order chi connectivity index (χ0) is 25.4. The third-order valence-corrected chi connectivity index (χ3v) is 5.06. The van der Waals surface area contributed by atoms with Gasteiger partial charge in [0.2, 0.25) is 11.7 Å². The molecule has 0 saturated heterocycles. The van der Waals surface area contributed by atoms with Crippen LogP contribution in [-0.2, 0) is 14.3 Å². The van der Waals surface area contributed by atoms with Gasteiger partial charge >= 0.3 is 5.97 Å². The number of benzene rings is 2. The fourth-order valence-electron chi connectivity index (χ4n) is 3.38. The van der Waals surface area contributed by atoms with E-state index in [1.54, 1.807) is 30.5 Å². The van der Waals surface area contributed by atoms with E-state index < -0.39 is 5.97 Å². The van der Waals surface area contributed by atoms with Crippen molar-refractivity contribution in [2.45, 2.75) is 0 Å². The lowest BCUT2D eigenvalue weighted by Gasteiger charge is -2.14. The van der Waals surface area contributed by atoms with E-state index >= 15 is 0 Å². The molecule has 0 unspecified atom stereocenters. The van der Waals surface area contributed by atoms with Gasteiger partial charge in [-0.3, -0.25) is 14.9 Å². The van der Waals surface area contributed by atoms with Crippen LogP contribution < -0.4 is 29.6 Å². The summed E-state index contributed by atoms with van der Waals surface area (Å²) in [5, 5.41) is 9.46. The number of rotatable bonds is 11. The molecule has 0 radical (unpaired) electrons. The molecule has 3 rings (SSSR count). The van der Waals surface area contributed by atoms with Crippen LogP contribution in [-0.4, -0.2) is 65.7 Å². The largest absolute Gasteiger partial charge is 0.495 e. The first-order valence-corrected chi connectivity index (χ1v) is 10.5. The summed E-state index contributed by atoms with van der Waals surface area (Å²) in [5.41, 5.74) is 2.47. The predicted molar refractivity (Wildman–Crippen MR) is 127 cm³/mol. The van der Waals surface area contributed by atoms with Crippen LogP contribution >= 0.6 is 0 Å². The number of ether oxygens (including phenoxy) is 5. The van der Waals surface area contributed by atoms with Crippen molar-refractivity contribution in [3.63, 3.8) is 0 Å². The highest BCUT2D eigenvalue weighted by atomic mass is 16.5. The number of hydrogen-bond acceptors (Lipinski definition) is 10. The Morgan fingerprint density at radius 1 is 0.857 bits per heavy atom. The second kappa shape index (κ2) is 11.7. The number of nitrogens with zero attached hydrogens (tertiary/aromatic N) is 1. The third-order valence-electron chi connectivity index (χ3n) is 5.06. The quantitative estimate of drug-likeness (QED) is 0.391. The van der Waals surface area contributed by atoms with E-state index in [9.17, 15) is 9.59 Å². The molecule has 1 aromatic heterocycles. The molecule has 11 nitrogen and oxygen atoms in total. The van der Waals surface area contributed by atoms with Crippen LogP contribution in [0.2, 0.25) is 0 Å². The van der Waals surface area contributed by atoms with E-state index in [2.05, 4.69) is 20.5 Å². The van der Waals surface area contributed by atoms with Gasteiger partial charge in [-0.05, 0) is 29.8 Å². The summed E-state index contributed by atoms with van der Waals surface area (Å²) in [6.07, 6.45) is 1.57. The van der Waals surface area contributed by atoms with Crippen molar-refractivity contribution < 1.29 is 37.8 Å². The Morgan fingerprint density at radius 3 is 2.14 bits per heavy atom. The van der Waals surface area contributed by atoms with Gasteiger partial charge in [0, 0.05) is 11.1 Å². The molecule has 3 aromatic rings. The Labute approximate surface area is 202 Å². The van der Waals surface area contributed by atoms with Gasteiger partial charge in [-0.1, -0.05) is 11.2 Å². The third kappa shape index (κ3) is 5.82. The van der Waals surface area contributed by atoms with E-state index in [0.29, 0.717) is 51.1 Å². The molecule has 0 aliphatic carbocycles. The van der Waals surface area contributed by atoms with E-state index in [4.69, 9.17) is 23.5 Å². The van der Waals surface area contributed by atoms with Gasteiger partial charge in [0.25, 0.3) is 0 Å². The molecular formula is C24H27N3O8. The minimum atomic E-state index is -0.468. The van der Waals surface area contributed by atoms with Crippen molar-refractivity contribution >= 4 is 17.6 Å². The monoisotopic (exact) mass is 485 g/mol.